The molecule has 0 saturated carbocycles. The minimum Gasteiger partial charge on any atom is -0.395 e. The fourth-order valence-corrected chi connectivity index (χ4v) is 2.96. The van der Waals surface area contributed by atoms with E-state index in [-0.39, 0.29) is 6.61 Å². The Labute approximate surface area is 155 Å². The molecule has 4 N–H and O–H groups in total. The third kappa shape index (κ3) is 26.4. The average Bonchev–Trinajstić information content (AvgIpc) is 2.60. The summed E-state index contributed by atoms with van der Waals surface area (Å²) in [7, 11) is -3.82. The number of nitrogens with two attached hydrogens (primary N) is 1. The Bertz CT molecular complexity index is 269. The van der Waals surface area contributed by atoms with Crippen molar-refractivity contribution in [3.05, 3.63) is 0 Å². The summed E-state index contributed by atoms with van der Waals surface area (Å²) in [5.74, 6) is 0. The standard InChI is InChI=1S/C16H35O4P.C2H7NO/c1-3-5-7-9-11-13-15-19-21(17,18)20-16-14-12-10-8-6-4-2;3-1-2-4/h3-16H2,1-2H3,(H,17,18);4H,1-3H2. The lowest BCUT2D eigenvalue weighted by molar-refractivity contribution is 0.145. The SMILES string of the molecule is CCCCCCCCOP(=O)(O)OCCCCCCCC.NCCO. The van der Waals surface area contributed by atoms with Gasteiger partial charge in [0.15, 0.2) is 0 Å². The van der Waals surface area contributed by atoms with Gasteiger partial charge in [-0.05, 0) is 12.8 Å². The molecule has 0 aromatic heterocycles. The minimum atomic E-state index is -3.82. The van der Waals surface area contributed by atoms with Gasteiger partial charge in [-0.3, -0.25) is 9.05 Å². The van der Waals surface area contributed by atoms with E-state index in [2.05, 4.69) is 13.8 Å². The Balaban J connectivity index is 0. The normalized spacial score (nSPS) is 11.2. The van der Waals surface area contributed by atoms with E-state index in [0.717, 1.165) is 25.7 Å². The maximum absolute atomic E-state index is 11.6. The van der Waals surface area contributed by atoms with Crippen LogP contribution in [0.5, 0.6) is 0 Å². The number of rotatable bonds is 17. The van der Waals surface area contributed by atoms with E-state index in [9.17, 15) is 9.46 Å². The van der Waals surface area contributed by atoms with Crippen LogP contribution in [0.1, 0.15) is 90.9 Å². The van der Waals surface area contributed by atoms with E-state index in [1.165, 1.54) is 51.4 Å². The van der Waals surface area contributed by atoms with Gasteiger partial charge in [-0.15, -0.1) is 0 Å². The van der Waals surface area contributed by atoms with Crippen molar-refractivity contribution in [1.82, 2.24) is 0 Å². The molecule has 0 aliphatic heterocycles. The fourth-order valence-electron chi connectivity index (χ4n) is 2.16. The van der Waals surface area contributed by atoms with Crippen molar-refractivity contribution in [2.24, 2.45) is 5.73 Å². The molecular formula is C18H42NO5P. The second kappa shape index (κ2) is 22.1. The van der Waals surface area contributed by atoms with Crippen LogP contribution < -0.4 is 5.73 Å². The van der Waals surface area contributed by atoms with Gasteiger partial charge >= 0.3 is 7.82 Å². The summed E-state index contributed by atoms with van der Waals surface area (Å²) < 4.78 is 21.5. The fraction of sp³-hybridized carbons (Fsp3) is 1.00. The Morgan fingerprint density at radius 3 is 1.40 bits per heavy atom. The number of hydrogen-bond acceptors (Lipinski definition) is 5. The topological polar surface area (TPSA) is 102 Å². The van der Waals surface area contributed by atoms with E-state index in [4.69, 9.17) is 19.9 Å². The predicted octanol–water partition coefficient (Wildman–Crippen LogP) is 4.78. The third-order valence-corrected chi connectivity index (χ3v) is 4.65. The summed E-state index contributed by atoms with van der Waals surface area (Å²) in [5.41, 5.74) is 4.78. The first kappa shape index (κ1) is 27.3. The molecule has 0 saturated heterocycles. The van der Waals surface area contributed by atoms with Crippen LogP contribution in [0.2, 0.25) is 0 Å². The number of hydrogen-bond donors (Lipinski definition) is 3. The summed E-state index contributed by atoms with van der Waals surface area (Å²) in [6.45, 7) is 5.48. The largest absolute Gasteiger partial charge is 0.472 e. The Morgan fingerprint density at radius 1 is 0.760 bits per heavy atom. The summed E-state index contributed by atoms with van der Waals surface area (Å²) in [4.78, 5) is 9.51. The maximum atomic E-state index is 11.6. The molecule has 0 rings (SSSR count). The van der Waals surface area contributed by atoms with Crippen LogP contribution in [0, 0.1) is 0 Å². The van der Waals surface area contributed by atoms with Crippen molar-refractivity contribution in [3.8, 4) is 0 Å². The molecule has 6 nitrogen and oxygen atoms in total. The zero-order valence-corrected chi connectivity index (χ0v) is 17.4. The molecule has 0 aliphatic carbocycles. The van der Waals surface area contributed by atoms with Gasteiger partial charge in [0.25, 0.3) is 0 Å². The first-order valence-electron chi connectivity index (χ1n) is 9.96. The van der Waals surface area contributed by atoms with E-state index in [1.54, 1.807) is 0 Å². The summed E-state index contributed by atoms with van der Waals surface area (Å²) in [6, 6.07) is 0. The Morgan fingerprint density at radius 2 is 1.08 bits per heavy atom. The lowest BCUT2D eigenvalue weighted by Crippen LogP contribution is -2.02. The van der Waals surface area contributed by atoms with Crippen LogP contribution in [0.4, 0.5) is 0 Å². The monoisotopic (exact) mass is 383 g/mol. The second-order valence-electron chi connectivity index (χ2n) is 6.18. The van der Waals surface area contributed by atoms with Crippen molar-refractivity contribution in [2.75, 3.05) is 26.4 Å². The van der Waals surface area contributed by atoms with Crippen molar-refractivity contribution < 1.29 is 23.6 Å². The molecule has 0 radical (unpaired) electrons. The number of aliphatic hydroxyl groups excluding tert-OH is 1. The quantitative estimate of drug-likeness (QED) is 0.247. The lowest BCUT2D eigenvalue weighted by atomic mass is 10.1. The minimum absolute atomic E-state index is 0.0972. The first-order chi connectivity index (χ1) is 12.0. The van der Waals surface area contributed by atoms with Crippen molar-refractivity contribution >= 4 is 7.82 Å². The maximum Gasteiger partial charge on any atom is 0.472 e. The smallest absolute Gasteiger partial charge is 0.395 e. The second-order valence-corrected chi connectivity index (χ2v) is 7.64. The van der Waals surface area contributed by atoms with Gasteiger partial charge in [0, 0.05) is 6.54 Å². The highest BCUT2D eigenvalue weighted by atomic mass is 31.2. The number of phosphoric acid groups is 1. The Kier molecular flexibility index (Phi) is 24.1. The van der Waals surface area contributed by atoms with Crippen LogP contribution >= 0.6 is 7.82 Å². The molecule has 0 aliphatic rings. The summed E-state index contributed by atoms with van der Waals surface area (Å²) in [6.07, 6.45) is 13.6. The molecule has 25 heavy (non-hydrogen) atoms. The molecule has 0 heterocycles. The molecule has 0 spiro atoms. The predicted molar refractivity (Wildman–Crippen MR) is 105 cm³/mol. The highest BCUT2D eigenvalue weighted by Gasteiger charge is 2.19. The molecule has 0 bridgehead atoms. The van der Waals surface area contributed by atoms with Crippen LogP contribution in [0.25, 0.3) is 0 Å². The van der Waals surface area contributed by atoms with Gasteiger partial charge < -0.3 is 15.7 Å². The highest BCUT2D eigenvalue weighted by Crippen LogP contribution is 2.43. The molecule has 0 atom stereocenters. The lowest BCUT2D eigenvalue weighted by Gasteiger charge is -2.12. The van der Waals surface area contributed by atoms with Gasteiger partial charge in [0.05, 0.1) is 19.8 Å². The molecule has 0 amide bonds. The van der Waals surface area contributed by atoms with Crippen molar-refractivity contribution in [3.63, 3.8) is 0 Å². The van der Waals surface area contributed by atoms with Crippen LogP contribution in [-0.4, -0.2) is 36.4 Å². The van der Waals surface area contributed by atoms with Gasteiger partial charge in [0.2, 0.25) is 0 Å². The molecule has 0 unspecified atom stereocenters. The van der Waals surface area contributed by atoms with E-state index in [0.29, 0.717) is 19.8 Å². The molecule has 0 fully saturated rings. The van der Waals surface area contributed by atoms with E-state index < -0.39 is 7.82 Å². The number of aliphatic hydroxyl groups is 1. The average molecular weight is 384 g/mol. The van der Waals surface area contributed by atoms with Gasteiger partial charge in [-0.2, -0.15) is 0 Å². The zero-order chi connectivity index (χ0) is 19.2. The van der Waals surface area contributed by atoms with Crippen LogP contribution in [-0.2, 0) is 13.6 Å². The number of phosphoric ester groups is 1. The van der Waals surface area contributed by atoms with Gasteiger partial charge in [-0.25, -0.2) is 4.57 Å². The van der Waals surface area contributed by atoms with Crippen LogP contribution in [0.15, 0.2) is 0 Å². The molecule has 0 aromatic carbocycles. The number of unbranched alkanes of at least 4 members (excludes halogenated alkanes) is 10. The molecular weight excluding hydrogens is 341 g/mol. The zero-order valence-electron chi connectivity index (χ0n) is 16.5. The Hall–Kier alpha value is 0.0300. The highest BCUT2D eigenvalue weighted by molar-refractivity contribution is 7.47. The van der Waals surface area contributed by atoms with Crippen molar-refractivity contribution in [2.45, 2.75) is 90.9 Å². The third-order valence-electron chi connectivity index (χ3n) is 3.63. The van der Waals surface area contributed by atoms with E-state index >= 15 is 0 Å². The summed E-state index contributed by atoms with van der Waals surface area (Å²) >= 11 is 0. The van der Waals surface area contributed by atoms with E-state index in [1.807, 2.05) is 0 Å². The van der Waals surface area contributed by atoms with Crippen LogP contribution in [0.3, 0.4) is 0 Å². The first-order valence-corrected chi connectivity index (χ1v) is 11.5. The van der Waals surface area contributed by atoms with Crippen molar-refractivity contribution in [1.29, 1.82) is 0 Å². The molecule has 154 valence electrons. The molecule has 7 heteroatoms. The van der Waals surface area contributed by atoms with Gasteiger partial charge in [0.1, 0.15) is 0 Å². The van der Waals surface area contributed by atoms with Gasteiger partial charge in [-0.1, -0.05) is 78.1 Å². The summed E-state index contributed by atoms with van der Waals surface area (Å²) in [5, 5.41) is 7.75. The molecule has 0 aromatic rings.